The van der Waals surface area contributed by atoms with Crippen molar-refractivity contribution in [3.8, 4) is 11.5 Å². The van der Waals surface area contributed by atoms with Crippen molar-refractivity contribution in [2.75, 3.05) is 0 Å². The second-order valence-corrected chi connectivity index (χ2v) is 6.95. The number of thioether (sulfide) groups is 1. The van der Waals surface area contributed by atoms with E-state index in [-0.39, 0.29) is 11.7 Å². The number of rotatable bonds is 7. The molecular weight excluding hydrogens is 347 g/mol. The first-order valence-corrected chi connectivity index (χ1v) is 8.26. The molecule has 0 spiro atoms. The van der Waals surface area contributed by atoms with Gasteiger partial charge in [-0.15, -0.1) is 10.2 Å². The molecule has 1 heterocycles. The predicted octanol–water partition coefficient (Wildman–Crippen LogP) is 4.78. The standard InChI is InChI=1S/C14H14Cl2N2O3S/c1-8(3-2-4-12(19)20)22-14-18-17-13(21-14)10-6-5-9(15)7-11(10)16/h5-8H,2-4H2,1H3,(H,19,20). The highest BCUT2D eigenvalue weighted by Gasteiger charge is 2.15. The Morgan fingerprint density at radius 2 is 2.18 bits per heavy atom. The quantitative estimate of drug-likeness (QED) is 0.716. The van der Waals surface area contributed by atoms with E-state index in [1.807, 2.05) is 6.92 Å². The van der Waals surface area contributed by atoms with Crippen molar-refractivity contribution in [3.63, 3.8) is 0 Å². The van der Waals surface area contributed by atoms with Gasteiger partial charge in [0.15, 0.2) is 0 Å². The number of carbonyl (C=O) groups is 1. The number of carboxylic acid groups (broad SMARTS) is 1. The molecule has 0 saturated heterocycles. The van der Waals surface area contributed by atoms with Crippen LogP contribution in [0.25, 0.3) is 11.5 Å². The Hall–Kier alpha value is -1.24. The van der Waals surface area contributed by atoms with Gasteiger partial charge < -0.3 is 9.52 Å². The van der Waals surface area contributed by atoms with E-state index in [9.17, 15) is 4.79 Å². The maximum Gasteiger partial charge on any atom is 0.303 e. The lowest BCUT2D eigenvalue weighted by Gasteiger charge is -2.06. The van der Waals surface area contributed by atoms with E-state index in [0.29, 0.717) is 33.1 Å². The lowest BCUT2D eigenvalue weighted by Crippen LogP contribution is -2.00. The molecule has 0 radical (unpaired) electrons. The van der Waals surface area contributed by atoms with Crippen molar-refractivity contribution < 1.29 is 14.3 Å². The molecule has 8 heteroatoms. The zero-order valence-corrected chi connectivity index (χ0v) is 14.1. The lowest BCUT2D eigenvalue weighted by molar-refractivity contribution is -0.137. The smallest absolute Gasteiger partial charge is 0.303 e. The summed E-state index contributed by atoms with van der Waals surface area (Å²) in [5.41, 5.74) is 0.629. The average molecular weight is 361 g/mol. The van der Waals surface area contributed by atoms with Crippen LogP contribution in [0.5, 0.6) is 0 Å². The maximum atomic E-state index is 10.5. The maximum absolute atomic E-state index is 10.5. The number of aliphatic carboxylic acids is 1. The number of halogens is 2. The molecular formula is C14H14Cl2N2O3S. The summed E-state index contributed by atoms with van der Waals surface area (Å²) in [6, 6.07) is 5.04. The molecule has 1 unspecified atom stereocenters. The van der Waals surface area contributed by atoms with Crippen LogP contribution in [0.15, 0.2) is 27.8 Å². The van der Waals surface area contributed by atoms with Crippen LogP contribution in [0, 0.1) is 0 Å². The van der Waals surface area contributed by atoms with Gasteiger partial charge in [0.25, 0.3) is 5.22 Å². The second kappa shape index (κ2) is 7.85. The van der Waals surface area contributed by atoms with E-state index in [0.717, 1.165) is 6.42 Å². The molecule has 0 amide bonds. The average Bonchev–Trinajstić information content (AvgIpc) is 2.86. The van der Waals surface area contributed by atoms with Crippen LogP contribution in [0.2, 0.25) is 10.0 Å². The van der Waals surface area contributed by atoms with Gasteiger partial charge in [-0.3, -0.25) is 4.79 Å². The minimum Gasteiger partial charge on any atom is -0.481 e. The predicted molar refractivity (Wildman–Crippen MR) is 86.6 cm³/mol. The van der Waals surface area contributed by atoms with Crippen LogP contribution in [0.3, 0.4) is 0 Å². The third kappa shape index (κ3) is 4.90. The van der Waals surface area contributed by atoms with Crippen molar-refractivity contribution in [2.45, 2.75) is 36.7 Å². The fourth-order valence-electron chi connectivity index (χ4n) is 1.80. The summed E-state index contributed by atoms with van der Waals surface area (Å²) in [6.45, 7) is 1.99. The Morgan fingerprint density at radius 3 is 2.86 bits per heavy atom. The summed E-state index contributed by atoms with van der Waals surface area (Å²) < 4.78 is 5.59. The monoisotopic (exact) mass is 360 g/mol. The highest BCUT2D eigenvalue weighted by atomic mass is 35.5. The van der Waals surface area contributed by atoms with Crippen LogP contribution >= 0.6 is 35.0 Å². The normalized spacial score (nSPS) is 12.3. The van der Waals surface area contributed by atoms with E-state index in [4.69, 9.17) is 32.7 Å². The molecule has 2 rings (SSSR count). The third-order valence-corrected chi connectivity index (χ3v) is 4.42. The fraction of sp³-hybridized carbons (Fsp3) is 0.357. The number of benzene rings is 1. The van der Waals surface area contributed by atoms with Gasteiger partial charge in [-0.2, -0.15) is 0 Å². The summed E-state index contributed by atoms with van der Waals surface area (Å²) in [5.74, 6) is -0.448. The zero-order valence-electron chi connectivity index (χ0n) is 11.8. The van der Waals surface area contributed by atoms with E-state index in [2.05, 4.69) is 10.2 Å². The molecule has 1 aromatic heterocycles. The molecule has 0 aliphatic carbocycles. The summed E-state index contributed by atoms with van der Waals surface area (Å²) in [6.07, 6.45) is 1.55. The second-order valence-electron chi connectivity index (χ2n) is 4.71. The van der Waals surface area contributed by atoms with Crippen molar-refractivity contribution >= 4 is 40.9 Å². The summed E-state index contributed by atoms with van der Waals surface area (Å²) in [7, 11) is 0. The van der Waals surface area contributed by atoms with E-state index in [1.54, 1.807) is 18.2 Å². The number of carboxylic acids is 1. The molecule has 1 aromatic carbocycles. The van der Waals surface area contributed by atoms with Crippen LogP contribution in [0.1, 0.15) is 26.2 Å². The molecule has 0 saturated carbocycles. The number of nitrogens with zero attached hydrogens (tertiary/aromatic N) is 2. The van der Waals surface area contributed by atoms with Crippen molar-refractivity contribution in [2.24, 2.45) is 0 Å². The van der Waals surface area contributed by atoms with Crippen LogP contribution < -0.4 is 0 Å². The van der Waals surface area contributed by atoms with Gasteiger partial charge in [-0.25, -0.2) is 0 Å². The molecule has 0 bridgehead atoms. The van der Waals surface area contributed by atoms with Gasteiger partial charge in [0, 0.05) is 16.7 Å². The summed E-state index contributed by atoms with van der Waals surface area (Å²) >= 11 is 13.4. The summed E-state index contributed by atoms with van der Waals surface area (Å²) in [4.78, 5) is 10.5. The number of hydrogen-bond acceptors (Lipinski definition) is 5. The van der Waals surface area contributed by atoms with Crippen molar-refractivity contribution in [1.29, 1.82) is 0 Å². The van der Waals surface area contributed by atoms with Crippen molar-refractivity contribution in [1.82, 2.24) is 10.2 Å². The Morgan fingerprint density at radius 1 is 1.41 bits per heavy atom. The minimum absolute atomic E-state index is 0.167. The highest BCUT2D eigenvalue weighted by molar-refractivity contribution is 7.99. The van der Waals surface area contributed by atoms with Crippen LogP contribution in [-0.2, 0) is 4.79 Å². The Kier molecular flexibility index (Phi) is 6.11. The van der Waals surface area contributed by atoms with E-state index >= 15 is 0 Å². The van der Waals surface area contributed by atoms with Gasteiger partial charge in [0.05, 0.1) is 10.6 Å². The Bertz CT molecular complexity index is 663. The molecule has 0 fully saturated rings. The van der Waals surface area contributed by atoms with Crippen LogP contribution in [-0.4, -0.2) is 26.5 Å². The first kappa shape index (κ1) is 17.1. The Labute approximate surface area is 142 Å². The van der Waals surface area contributed by atoms with Gasteiger partial charge in [0.1, 0.15) is 0 Å². The summed E-state index contributed by atoms with van der Waals surface area (Å²) in [5, 5.41) is 18.2. The largest absolute Gasteiger partial charge is 0.481 e. The first-order chi connectivity index (χ1) is 10.5. The van der Waals surface area contributed by atoms with Gasteiger partial charge in [-0.05, 0) is 31.0 Å². The van der Waals surface area contributed by atoms with Gasteiger partial charge in [-0.1, -0.05) is 41.9 Å². The third-order valence-electron chi connectivity index (χ3n) is 2.87. The lowest BCUT2D eigenvalue weighted by atomic mass is 10.2. The van der Waals surface area contributed by atoms with E-state index in [1.165, 1.54) is 11.8 Å². The molecule has 1 atom stereocenters. The molecule has 0 aliphatic heterocycles. The molecule has 22 heavy (non-hydrogen) atoms. The molecule has 0 aliphatic rings. The van der Waals surface area contributed by atoms with Gasteiger partial charge >= 0.3 is 5.97 Å². The SMILES string of the molecule is CC(CCCC(=O)O)Sc1nnc(-c2ccc(Cl)cc2Cl)o1. The first-order valence-electron chi connectivity index (χ1n) is 6.63. The topological polar surface area (TPSA) is 76.2 Å². The molecule has 118 valence electrons. The highest BCUT2D eigenvalue weighted by Crippen LogP contribution is 2.32. The number of hydrogen-bond donors (Lipinski definition) is 1. The fourth-order valence-corrected chi connectivity index (χ4v) is 3.13. The molecule has 5 nitrogen and oxygen atoms in total. The minimum atomic E-state index is -0.783. The number of aromatic nitrogens is 2. The zero-order chi connectivity index (χ0) is 16.1. The Balaban J connectivity index is 1.97. The van der Waals surface area contributed by atoms with Gasteiger partial charge in [0.2, 0.25) is 5.89 Å². The molecule has 1 N–H and O–H groups in total. The molecule has 2 aromatic rings. The van der Waals surface area contributed by atoms with E-state index < -0.39 is 5.97 Å². The van der Waals surface area contributed by atoms with Crippen molar-refractivity contribution in [3.05, 3.63) is 28.2 Å². The van der Waals surface area contributed by atoms with Crippen LogP contribution in [0.4, 0.5) is 0 Å².